The number of aromatic amines is 1. The van der Waals surface area contributed by atoms with Crippen LogP contribution in [-0.2, 0) is 0 Å². The molecular formula is C11H14N6. The Balaban J connectivity index is 1.83. The first-order valence-corrected chi connectivity index (χ1v) is 5.83. The molecule has 1 saturated heterocycles. The highest BCUT2D eigenvalue weighted by atomic mass is 15.2. The molecule has 0 unspecified atom stereocenters. The van der Waals surface area contributed by atoms with E-state index >= 15 is 0 Å². The van der Waals surface area contributed by atoms with Gasteiger partial charge >= 0.3 is 0 Å². The van der Waals surface area contributed by atoms with Gasteiger partial charge in [0, 0.05) is 18.3 Å². The van der Waals surface area contributed by atoms with Crippen LogP contribution in [0.1, 0.15) is 24.6 Å². The van der Waals surface area contributed by atoms with Gasteiger partial charge in [-0.25, -0.2) is 9.97 Å². The quantitative estimate of drug-likeness (QED) is 0.795. The minimum Gasteiger partial charge on any atom is -0.317 e. The molecule has 0 aliphatic carbocycles. The molecule has 1 fully saturated rings. The Labute approximate surface area is 98.9 Å². The molecule has 3 rings (SSSR count). The third-order valence-electron chi connectivity index (χ3n) is 3.02. The molecule has 1 aliphatic heterocycles. The summed E-state index contributed by atoms with van der Waals surface area (Å²) in [6.07, 6.45) is 7.18. The monoisotopic (exact) mass is 230 g/mol. The minimum atomic E-state index is 0.481. The molecule has 2 aromatic heterocycles. The summed E-state index contributed by atoms with van der Waals surface area (Å²) >= 11 is 0. The van der Waals surface area contributed by atoms with Crippen molar-refractivity contribution in [1.82, 2.24) is 30.5 Å². The average Bonchev–Trinajstić information content (AvgIpc) is 2.90. The van der Waals surface area contributed by atoms with Crippen molar-refractivity contribution < 1.29 is 0 Å². The second-order valence-corrected chi connectivity index (χ2v) is 4.16. The Morgan fingerprint density at radius 2 is 2.06 bits per heavy atom. The van der Waals surface area contributed by atoms with Crippen molar-refractivity contribution in [3.63, 3.8) is 0 Å². The molecular weight excluding hydrogens is 216 g/mol. The first-order chi connectivity index (χ1) is 8.43. The van der Waals surface area contributed by atoms with Gasteiger partial charge in [0.1, 0.15) is 11.5 Å². The summed E-state index contributed by atoms with van der Waals surface area (Å²) in [5.41, 5.74) is 0.712. The highest BCUT2D eigenvalue weighted by Crippen LogP contribution is 2.23. The van der Waals surface area contributed by atoms with Crippen LogP contribution in [0.4, 0.5) is 0 Å². The van der Waals surface area contributed by atoms with E-state index in [4.69, 9.17) is 0 Å². The first-order valence-electron chi connectivity index (χ1n) is 5.83. The van der Waals surface area contributed by atoms with E-state index in [0.29, 0.717) is 17.4 Å². The molecule has 1 aliphatic rings. The number of nitrogens with zero attached hydrogens (tertiary/aromatic N) is 4. The molecule has 0 spiro atoms. The lowest BCUT2D eigenvalue weighted by molar-refractivity contribution is 0.446. The Morgan fingerprint density at radius 1 is 1.18 bits per heavy atom. The SMILES string of the molecule is c1cnc(-c2n[nH]c(C3CCNCC3)n2)cn1. The fourth-order valence-electron chi connectivity index (χ4n) is 2.08. The van der Waals surface area contributed by atoms with Crippen molar-refractivity contribution in [2.45, 2.75) is 18.8 Å². The largest absolute Gasteiger partial charge is 0.317 e. The molecule has 88 valence electrons. The van der Waals surface area contributed by atoms with Gasteiger partial charge < -0.3 is 5.32 Å². The average molecular weight is 230 g/mol. The number of hydrogen-bond acceptors (Lipinski definition) is 5. The zero-order valence-corrected chi connectivity index (χ0v) is 9.43. The van der Waals surface area contributed by atoms with Crippen LogP contribution in [0, 0.1) is 0 Å². The van der Waals surface area contributed by atoms with Crippen molar-refractivity contribution in [2.24, 2.45) is 0 Å². The number of nitrogens with one attached hydrogen (secondary N) is 2. The molecule has 0 bridgehead atoms. The van der Waals surface area contributed by atoms with Crippen LogP contribution in [0.3, 0.4) is 0 Å². The normalized spacial score (nSPS) is 17.2. The summed E-state index contributed by atoms with van der Waals surface area (Å²) in [6.45, 7) is 2.09. The molecule has 17 heavy (non-hydrogen) atoms. The summed E-state index contributed by atoms with van der Waals surface area (Å²) in [5.74, 6) is 2.08. The molecule has 0 aromatic carbocycles. The molecule has 0 amide bonds. The number of piperidine rings is 1. The third kappa shape index (κ3) is 2.16. The van der Waals surface area contributed by atoms with Crippen molar-refractivity contribution in [3.05, 3.63) is 24.4 Å². The van der Waals surface area contributed by atoms with E-state index in [2.05, 4.69) is 30.5 Å². The highest BCUT2D eigenvalue weighted by molar-refractivity contribution is 5.45. The predicted molar refractivity (Wildman–Crippen MR) is 62.3 cm³/mol. The maximum atomic E-state index is 4.51. The second kappa shape index (κ2) is 4.58. The van der Waals surface area contributed by atoms with E-state index in [1.807, 2.05) is 0 Å². The van der Waals surface area contributed by atoms with Crippen molar-refractivity contribution >= 4 is 0 Å². The van der Waals surface area contributed by atoms with E-state index in [1.54, 1.807) is 18.6 Å². The van der Waals surface area contributed by atoms with E-state index in [-0.39, 0.29) is 0 Å². The molecule has 0 saturated carbocycles. The van der Waals surface area contributed by atoms with E-state index in [9.17, 15) is 0 Å². The lowest BCUT2D eigenvalue weighted by Crippen LogP contribution is -2.27. The summed E-state index contributed by atoms with van der Waals surface area (Å²) in [7, 11) is 0. The van der Waals surface area contributed by atoms with Crippen LogP contribution in [0.5, 0.6) is 0 Å². The van der Waals surface area contributed by atoms with Crippen LogP contribution in [0.15, 0.2) is 18.6 Å². The standard InChI is InChI=1S/C11H14N6/c1-3-12-4-2-8(1)10-15-11(17-16-10)9-7-13-5-6-14-9/h5-8,12H,1-4H2,(H,15,16,17). The van der Waals surface area contributed by atoms with Gasteiger partial charge in [-0.2, -0.15) is 5.10 Å². The smallest absolute Gasteiger partial charge is 0.201 e. The van der Waals surface area contributed by atoms with Gasteiger partial charge in [0.15, 0.2) is 0 Å². The van der Waals surface area contributed by atoms with Gasteiger partial charge in [0.2, 0.25) is 5.82 Å². The summed E-state index contributed by atoms with van der Waals surface area (Å²) < 4.78 is 0. The van der Waals surface area contributed by atoms with Gasteiger partial charge in [-0.3, -0.25) is 10.1 Å². The van der Waals surface area contributed by atoms with Gasteiger partial charge in [0.25, 0.3) is 0 Å². The lowest BCUT2D eigenvalue weighted by atomic mass is 9.98. The van der Waals surface area contributed by atoms with Crippen LogP contribution < -0.4 is 5.32 Å². The first kappa shape index (κ1) is 10.3. The molecule has 0 atom stereocenters. The summed E-state index contributed by atoms with van der Waals surface area (Å²) in [6, 6.07) is 0. The zero-order chi connectivity index (χ0) is 11.5. The fourth-order valence-corrected chi connectivity index (χ4v) is 2.08. The molecule has 2 aromatic rings. The van der Waals surface area contributed by atoms with Crippen molar-refractivity contribution in [1.29, 1.82) is 0 Å². The Morgan fingerprint density at radius 3 is 2.82 bits per heavy atom. The van der Waals surface area contributed by atoms with E-state index in [1.165, 1.54) is 0 Å². The van der Waals surface area contributed by atoms with E-state index in [0.717, 1.165) is 31.8 Å². The van der Waals surface area contributed by atoms with Gasteiger partial charge in [-0.15, -0.1) is 0 Å². The summed E-state index contributed by atoms with van der Waals surface area (Å²) in [4.78, 5) is 12.7. The maximum absolute atomic E-state index is 4.51. The third-order valence-corrected chi connectivity index (χ3v) is 3.02. The topological polar surface area (TPSA) is 79.4 Å². The number of rotatable bonds is 2. The van der Waals surface area contributed by atoms with Crippen LogP contribution in [-0.4, -0.2) is 38.2 Å². The molecule has 2 N–H and O–H groups in total. The summed E-state index contributed by atoms with van der Waals surface area (Å²) in [5, 5.41) is 10.6. The van der Waals surface area contributed by atoms with Gasteiger partial charge in [-0.1, -0.05) is 0 Å². The molecule has 6 heteroatoms. The lowest BCUT2D eigenvalue weighted by Gasteiger charge is -2.19. The zero-order valence-electron chi connectivity index (χ0n) is 9.43. The Kier molecular flexibility index (Phi) is 2.79. The number of H-pyrrole nitrogens is 1. The van der Waals surface area contributed by atoms with E-state index < -0.39 is 0 Å². The van der Waals surface area contributed by atoms with Crippen molar-refractivity contribution in [2.75, 3.05) is 13.1 Å². The highest BCUT2D eigenvalue weighted by Gasteiger charge is 2.19. The molecule has 0 radical (unpaired) electrons. The molecule has 6 nitrogen and oxygen atoms in total. The van der Waals surface area contributed by atoms with Crippen molar-refractivity contribution in [3.8, 4) is 11.5 Å². The maximum Gasteiger partial charge on any atom is 0.201 e. The minimum absolute atomic E-state index is 0.481. The van der Waals surface area contributed by atoms with Gasteiger partial charge in [0.05, 0.1) is 6.20 Å². The Hall–Kier alpha value is -1.82. The predicted octanol–water partition coefficient (Wildman–Crippen LogP) is 0.729. The fraction of sp³-hybridized carbons (Fsp3) is 0.455. The Bertz CT molecular complexity index is 474. The number of aromatic nitrogens is 5. The second-order valence-electron chi connectivity index (χ2n) is 4.16. The molecule has 3 heterocycles. The van der Waals surface area contributed by atoms with Crippen LogP contribution in [0.25, 0.3) is 11.5 Å². The van der Waals surface area contributed by atoms with Gasteiger partial charge in [-0.05, 0) is 25.9 Å². The van der Waals surface area contributed by atoms with Crippen LogP contribution in [0.2, 0.25) is 0 Å². The van der Waals surface area contributed by atoms with Crippen LogP contribution >= 0.6 is 0 Å². The number of hydrogen-bond donors (Lipinski definition) is 2.